The number of halogens is 1. The van der Waals surface area contributed by atoms with Crippen LogP contribution < -0.4 is 10.2 Å². The van der Waals surface area contributed by atoms with Gasteiger partial charge in [0.05, 0.1) is 36.3 Å². The van der Waals surface area contributed by atoms with Crippen LogP contribution in [0.2, 0.25) is 5.02 Å². The number of hydrogen-bond acceptors (Lipinski definition) is 8. The zero-order valence-electron chi connectivity index (χ0n) is 17.7. The van der Waals surface area contributed by atoms with E-state index < -0.39 is 0 Å². The lowest BCUT2D eigenvalue weighted by Gasteiger charge is -2.55. The van der Waals surface area contributed by atoms with Gasteiger partial charge in [-0.1, -0.05) is 16.8 Å². The minimum atomic E-state index is -0.227. The predicted octanol–water partition coefficient (Wildman–Crippen LogP) is 2.43. The molecule has 0 aromatic carbocycles. The standard InChI is InChI=1S/C21H24ClN7O2/c1-11-7-29-17-13(6-21(8-23-10-24-9-21)19(29)12(2)30-11)26-15-16(20-25-4-5-28(20)3)27-31-18(15)14(17)22/h4-5,8,11-12,19,24H,6-7,9-10H2,1-3H3/t11-,12+,19-,21?/m0/s1. The smallest absolute Gasteiger partial charge is 0.206 e. The first-order valence-corrected chi connectivity index (χ1v) is 11.0. The molecule has 6 rings (SSSR count). The van der Waals surface area contributed by atoms with E-state index in [1.165, 1.54) is 0 Å². The molecular weight excluding hydrogens is 418 g/mol. The van der Waals surface area contributed by atoms with E-state index in [1.54, 1.807) is 6.20 Å². The molecule has 3 aliphatic rings. The van der Waals surface area contributed by atoms with Crippen molar-refractivity contribution in [2.75, 3.05) is 24.7 Å². The SMILES string of the molecule is C[C@H]1CN2c3c(nc4c(-c5nccn5C)noc4c3Cl)CC3(C=NCNC3)[C@@H]2[C@@H](C)O1. The van der Waals surface area contributed by atoms with Gasteiger partial charge in [-0.25, -0.2) is 9.97 Å². The van der Waals surface area contributed by atoms with Crippen molar-refractivity contribution in [3.8, 4) is 11.5 Å². The summed E-state index contributed by atoms with van der Waals surface area (Å²) < 4.78 is 13.8. The van der Waals surface area contributed by atoms with Crippen molar-refractivity contribution in [1.82, 2.24) is 25.0 Å². The molecule has 0 amide bonds. The summed E-state index contributed by atoms with van der Waals surface area (Å²) in [4.78, 5) is 16.4. The molecule has 0 radical (unpaired) electrons. The van der Waals surface area contributed by atoms with Gasteiger partial charge in [0.25, 0.3) is 0 Å². The highest BCUT2D eigenvalue weighted by Gasteiger charge is 2.53. The van der Waals surface area contributed by atoms with Gasteiger partial charge in [0.2, 0.25) is 5.58 Å². The third-order valence-corrected chi connectivity index (χ3v) is 7.04. The van der Waals surface area contributed by atoms with Gasteiger partial charge in [-0.15, -0.1) is 0 Å². The highest BCUT2D eigenvalue weighted by Crippen LogP contribution is 2.49. The van der Waals surface area contributed by atoms with Crippen molar-refractivity contribution in [3.63, 3.8) is 0 Å². The molecule has 1 unspecified atom stereocenters. The number of aromatic nitrogens is 4. The zero-order valence-corrected chi connectivity index (χ0v) is 18.4. The number of aryl methyl sites for hydroxylation is 1. The third kappa shape index (κ3) is 2.69. The van der Waals surface area contributed by atoms with E-state index in [9.17, 15) is 0 Å². The van der Waals surface area contributed by atoms with E-state index in [-0.39, 0.29) is 23.7 Å². The fraction of sp³-hybridized carbons (Fsp3) is 0.524. The minimum absolute atomic E-state index is 0.0212. The number of anilines is 1. The molecule has 31 heavy (non-hydrogen) atoms. The van der Waals surface area contributed by atoms with Crippen LogP contribution in [-0.2, 0) is 18.2 Å². The summed E-state index contributed by atoms with van der Waals surface area (Å²) in [6, 6.07) is 0.0985. The Hall–Kier alpha value is -2.49. The molecule has 10 heteroatoms. The number of fused-ring (bicyclic) bond motifs is 5. The topological polar surface area (TPSA) is 93.6 Å². The summed E-state index contributed by atoms with van der Waals surface area (Å²) in [5.74, 6) is 0.695. The monoisotopic (exact) mass is 441 g/mol. The number of morpholine rings is 1. The Morgan fingerprint density at radius 2 is 2.19 bits per heavy atom. The molecule has 0 saturated carbocycles. The van der Waals surface area contributed by atoms with Crippen LogP contribution in [0.1, 0.15) is 19.5 Å². The molecule has 0 bridgehead atoms. The molecule has 1 fully saturated rings. The van der Waals surface area contributed by atoms with Crippen molar-refractivity contribution < 1.29 is 9.26 Å². The van der Waals surface area contributed by atoms with Gasteiger partial charge >= 0.3 is 0 Å². The first kappa shape index (κ1) is 19.2. The van der Waals surface area contributed by atoms with Crippen LogP contribution in [0.15, 0.2) is 21.9 Å². The number of imidazole rings is 1. The number of aliphatic imine (C=N–C) groups is 1. The zero-order chi connectivity index (χ0) is 21.3. The predicted molar refractivity (Wildman–Crippen MR) is 118 cm³/mol. The van der Waals surface area contributed by atoms with Gasteiger partial charge < -0.3 is 18.7 Å². The maximum Gasteiger partial charge on any atom is 0.206 e. The average molecular weight is 442 g/mol. The summed E-state index contributed by atoms with van der Waals surface area (Å²) in [5.41, 5.74) is 3.37. The molecule has 1 spiro atoms. The molecule has 6 heterocycles. The van der Waals surface area contributed by atoms with Crippen LogP contribution >= 0.6 is 11.6 Å². The quantitative estimate of drug-likeness (QED) is 0.619. The lowest BCUT2D eigenvalue weighted by atomic mass is 9.70. The maximum atomic E-state index is 6.98. The van der Waals surface area contributed by atoms with Gasteiger partial charge in [0.15, 0.2) is 11.5 Å². The van der Waals surface area contributed by atoms with Gasteiger partial charge in [0.1, 0.15) is 10.5 Å². The number of ether oxygens (including phenoxy) is 1. The number of rotatable bonds is 1. The van der Waals surface area contributed by atoms with Crippen LogP contribution in [0, 0.1) is 5.41 Å². The average Bonchev–Trinajstić information content (AvgIpc) is 3.33. The lowest BCUT2D eigenvalue weighted by Crippen LogP contribution is -2.67. The van der Waals surface area contributed by atoms with Crippen LogP contribution in [0.5, 0.6) is 0 Å². The third-order valence-electron chi connectivity index (χ3n) is 6.69. The fourth-order valence-electron chi connectivity index (χ4n) is 5.58. The van der Waals surface area contributed by atoms with Crippen molar-refractivity contribution in [1.29, 1.82) is 0 Å². The number of hydrogen-bond donors (Lipinski definition) is 1. The highest BCUT2D eigenvalue weighted by atomic mass is 35.5. The van der Waals surface area contributed by atoms with Gasteiger partial charge in [-0.3, -0.25) is 10.3 Å². The van der Waals surface area contributed by atoms with Crippen molar-refractivity contribution >= 4 is 34.6 Å². The first-order chi connectivity index (χ1) is 15.0. The number of pyridine rings is 1. The summed E-state index contributed by atoms with van der Waals surface area (Å²) >= 11 is 6.98. The summed E-state index contributed by atoms with van der Waals surface area (Å²) in [5, 5.41) is 8.28. The van der Waals surface area contributed by atoms with E-state index in [2.05, 4.69) is 45.4 Å². The Morgan fingerprint density at radius 3 is 2.94 bits per heavy atom. The second-order valence-electron chi connectivity index (χ2n) is 8.85. The first-order valence-electron chi connectivity index (χ1n) is 10.6. The Balaban J connectivity index is 1.59. The summed E-state index contributed by atoms with van der Waals surface area (Å²) in [6.07, 6.45) is 6.52. The van der Waals surface area contributed by atoms with E-state index in [0.717, 1.165) is 24.5 Å². The second-order valence-corrected chi connectivity index (χ2v) is 9.23. The lowest BCUT2D eigenvalue weighted by molar-refractivity contribution is -0.0522. The van der Waals surface area contributed by atoms with Crippen molar-refractivity contribution in [2.45, 2.75) is 38.5 Å². The molecule has 4 atom stereocenters. The van der Waals surface area contributed by atoms with E-state index in [4.69, 9.17) is 25.8 Å². The molecule has 0 aliphatic carbocycles. The molecular formula is C21H24ClN7O2. The van der Waals surface area contributed by atoms with E-state index in [1.807, 2.05) is 17.8 Å². The van der Waals surface area contributed by atoms with Crippen LogP contribution in [0.3, 0.4) is 0 Å². The largest absolute Gasteiger partial charge is 0.372 e. The van der Waals surface area contributed by atoms with Crippen LogP contribution in [0.4, 0.5) is 5.69 Å². The summed E-state index contributed by atoms with van der Waals surface area (Å²) in [7, 11) is 1.92. The van der Waals surface area contributed by atoms with Crippen molar-refractivity contribution in [2.24, 2.45) is 17.5 Å². The molecule has 9 nitrogen and oxygen atoms in total. The minimum Gasteiger partial charge on any atom is -0.372 e. The normalized spacial score (nSPS) is 30.1. The Kier molecular flexibility index (Phi) is 4.19. The van der Waals surface area contributed by atoms with E-state index >= 15 is 0 Å². The van der Waals surface area contributed by atoms with Crippen molar-refractivity contribution in [3.05, 3.63) is 23.1 Å². The summed E-state index contributed by atoms with van der Waals surface area (Å²) in [6.45, 7) is 6.40. The molecule has 3 aromatic rings. The number of nitrogens with one attached hydrogen (secondary N) is 1. The molecule has 1 saturated heterocycles. The maximum absolute atomic E-state index is 6.98. The highest BCUT2D eigenvalue weighted by molar-refractivity contribution is 6.38. The van der Waals surface area contributed by atoms with E-state index in [0.29, 0.717) is 40.7 Å². The molecule has 3 aliphatic heterocycles. The Labute approximate surface area is 184 Å². The van der Waals surface area contributed by atoms with Crippen LogP contribution in [-0.4, -0.2) is 63.9 Å². The van der Waals surface area contributed by atoms with Crippen LogP contribution in [0.25, 0.3) is 22.6 Å². The second kappa shape index (κ2) is 6.75. The Morgan fingerprint density at radius 1 is 1.32 bits per heavy atom. The van der Waals surface area contributed by atoms with Gasteiger partial charge in [-0.05, 0) is 13.8 Å². The molecule has 162 valence electrons. The number of nitrogens with zero attached hydrogens (tertiary/aromatic N) is 6. The molecule has 1 N–H and O–H groups in total. The Bertz CT molecular complexity index is 1200. The fourth-order valence-corrected chi connectivity index (χ4v) is 5.92. The molecule has 3 aromatic heterocycles. The van der Waals surface area contributed by atoms with Gasteiger partial charge in [0, 0.05) is 50.6 Å². The van der Waals surface area contributed by atoms with Gasteiger partial charge in [-0.2, -0.15) is 0 Å².